The van der Waals surface area contributed by atoms with E-state index in [1.807, 2.05) is 35.2 Å². The highest BCUT2D eigenvalue weighted by Gasteiger charge is 2.14. The molecule has 2 rings (SSSR count). The molecule has 0 saturated carbocycles. The molecule has 0 fully saturated rings. The second kappa shape index (κ2) is 6.87. The molecule has 1 heterocycles. The maximum atomic E-state index is 8.80. The summed E-state index contributed by atoms with van der Waals surface area (Å²) in [5, 5.41) is 8.80. The third-order valence-electron chi connectivity index (χ3n) is 2.65. The number of aromatic nitrogens is 2. The monoisotopic (exact) mass is 332 g/mol. The number of hydrogen-bond acceptors (Lipinski definition) is 5. The Bertz CT molecular complexity index is 612. The number of methoxy groups -OCH3 is 1. The van der Waals surface area contributed by atoms with Crippen LogP contribution in [0.2, 0.25) is 0 Å². The van der Waals surface area contributed by atoms with Crippen LogP contribution in [0.5, 0.6) is 5.88 Å². The lowest BCUT2D eigenvalue weighted by atomic mass is 10.3. The van der Waals surface area contributed by atoms with E-state index in [0.29, 0.717) is 29.3 Å². The molecule has 5 nitrogen and oxygen atoms in total. The van der Waals surface area contributed by atoms with E-state index in [1.54, 1.807) is 13.3 Å². The van der Waals surface area contributed by atoms with Crippen LogP contribution in [-0.2, 0) is 0 Å². The molecule has 0 radical (unpaired) electrons. The number of halogens is 1. The molecule has 102 valence electrons. The lowest BCUT2D eigenvalue weighted by Crippen LogP contribution is -2.20. The number of ether oxygens (including phenoxy) is 1. The number of nitrogens with zero attached hydrogens (tertiary/aromatic N) is 4. The number of benzene rings is 1. The zero-order valence-corrected chi connectivity index (χ0v) is 12.5. The van der Waals surface area contributed by atoms with Gasteiger partial charge in [-0.25, -0.2) is 4.98 Å². The van der Waals surface area contributed by atoms with Gasteiger partial charge in [0.15, 0.2) is 0 Å². The lowest BCUT2D eigenvalue weighted by molar-refractivity contribution is 0.394. The van der Waals surface area contributed by atoms with Crippen molar-refractivity contribution in [3.05, 3.63) is 41.0 Å². The van der Waals surface area contributed by atoms with Crippen molar-refractivity contribution in [2.75, 3.05) is 18.6 Å². The normalized spacial score (nSPS) is 9.85. The van der Waals surface area contributed by atoms with E-state index in [2.05, 4.69) is 32.0 Å². The van der Waals surface area contributed by atoms with Crippen LogP contribution in [0.4, 0.5) is 11.6 Å². The Kier molecular flexibility index (Phi) is 4.91. The molecule has 0 saturated heterocycles. The maximum Gasteiger partial charge on any atom is 0.233 e. The highest BCUT2D eigenvalue weighted by molar-refractivity contribution is 9.10. The van der Waals surface area contributed by atoms with Crippen LogP contribution in [0, 0.1) is 11.3 Å². The Morgan fingerprint density at radius 1 is 1.35 bits per heavy atom. The SMILES string of the molecule is COc1nc(N(CCC#N)c2ccccc2)ncc1Br. The fourth-order valence-electron chi connectivity index (χ4n) is 1.73. The number of para-hydroxylation sites is 1. The first-order valence-corrected chi connectivity index (χ1v) is 6.81. The highest BCUT2D eigenvalue weighted by atomic mass is 79.9. The topological polar surface area (TPSA) is 62.0 Å². The second-order valence-electron chi connectivity index (χ2n) is 3.92. The first-order chi connectivity index (χ1) is 9.76. The smallest absolute Gasteiger partial charge is 0.233 e. The maximum absolute atomic E-state index is 8.80. The zero-order chi connectivity index (χ0) is 14.4. The van der Waals surface area contributed by atoms with Crippen molar-refractivity contribution in [1.29, 1.82) is 5.26 Å². The van der Waals surface area contributed by atoms with E-state index in [-0.39, 0.29) is 0 Å². The van der Waals surface area contributed by atoms with Crippen molar-refractivity contribution in [3.63, 3.8) is 0 Å². The van der Waals surface area contributed by atoms with Gasteiger partial charge in [-0.3, -0.25) is 0 Å². The summed E-state index contributed by atoms with van der Waals surface area (Å²) in [6, 6.07) is 11.9. The summed E-state index contributed by atoms with van der Waals surface area (Å²) in [7, 11) is 1.55. The molecule has 0 aliphatic heterocycles. The fraction of sp³-hybridized carbons (Fsp3) is 0.214. The molecular weight excluding hydrogens is 320 g/mol. The largest absolute Gasteiger partial charge is 0.480 e. The standard InChI is InChI=1S/C14H13BrN4O/c1-20-13-12(15)10-17-14(18-13)19(9-5-8-16)11-6-3-2-4-7-11/h2-4,6-7,10H,5,9H2,1H3. The summed E-state index contributed by atoms with van der Waals surface area (Å²) < 4.78 is 5.88. The Morgan fingerprint density at radius 2 is 2.10 bits per heavy atom. The van der Waals surface area contributed by atoms with Gasteiger partial charge in [-0.05, 0) is 28.1 Å². The van der Waals surface area contributed by atoms with Gasteiger partial charge in [-0.1, -0.05) is 18.2 Å². The van der Waals surface area contributed by atoms with E-state index in [0.717, 1.165) is 5.69 Å². The summed E-state index contributed by atoms with van der Waals surface area (Å²) in [6.07, 6.45) is 2.03. The molecule has 0 atom stereocenters. The molecule has 0 aliphatic carbocycles. The fourth-order valence-corrected chi connectivity index (χ4v) is 2.08. The zero-order valence-electron chi connectivity index (χ0n) is 11.0. The number of anilines is 2. The van der Waals surface area contributed by atoms with Crippen LogP contribution in [0.15, 0.2) is 41.0 Å². The van der Waals surface area contributed by atoms with Crippen molar-refractivity contribution >= 4 is 27.6 Å². The summed E-state index contributed by atoms with van der Waals surface area (Å²) in [4.78, 5) is 10.5. The Labute approximate surface area is 126 Å². The summed E-state index contributed by atoms with van der Waals surface area (Å²) in [6.45, 7) is 0.519. The Morgan fingerprint density at radius 3 is 2.75 bits per heavy atom. The summed E-state index contributed by atoms with van der Waals surface area (Å²) in [5.74, 6) is 0.972. The van der Waals surface area contributed by atoms with E-state index in [9.17, 15) is 0 Å². The molecule has 0 N–H and O–H groups in total. The predicted molar refractivity (Wildman–Crippen MR) is 80.0 cm³/mol. The second-order valence-corrected chi connectivity index (χ2v) is 4.78. The minimum absolute atomic E-state index is 0.386. The first kappa shape index (κ1) is 14.3. The molecule has 0 spiro atoms. The molecule has 2 aromatic rings. The molecular formula is C14H13BrN4O. The van der Waals surface area contributed by atoms with Crippen molar-refractivity contribution in [3.8, 4) is 11.9 Å². The van der Waals surface area contributed by atoms with E-state index >= 15 is 0 Å². The Hall–Kier alpha value is -2.13. The molecule has 0 unspecified atom stereocenters. The minimum Gasteiger partial charge on any atom is -0.480 e. The number of rotatable bonds is 5. The van der Waals surface area contributed by atoms with Gasteiger partial charge in [0.1, 0.15) is 0 Å². The molecule has 1 aromatic heterocycles. The average molecular weight is 333 g/mol. The van der Waals surface area contributed by atoms with Gasteiger partial charge in [-0.2, -0.15) is 10.2 Å². The van der Waals surface area contributed by atoms with Crippen LogP contribution in [-0.4, -0.2) is 23.6 Å². The third kappa shape index (κ3) is 3.25. The van der Waals surface area contributed by atoms with Gasteiger partial charge in [0.2, 0.25) is 11.8 Å². The number of hydrogen-bond donors (Lipinski definition) is 0. The lowest BCUT2D eigenvalue weighted by Gasteiger charge is -2.21. The van der Waals surface area contributed by atoms with Gasteiger partial charge in [-0.15, -0.1) is 0 Å². The molecule has 0 aliphatic rings. The molecule has 20 heavy (non-hydrogen) atoms. The Balaban J connectivity index is 2.39. The average Bonchev–Trinajstić information content (AvgIpc) is 2.50. The third-order valence-corrected chi connectivity index (χ3v) is 3.19. The molecule has 6 heteroatoms. The summed E-state index contributed by atoms with van der Waals surface area (Å²) in [5.41, 5.74) is 0.937. The van der Waals surface area contributed by atoms with Crippen LogP contribution in [0.3, 0.4) is 0 Å². The van der Waals surface area contributed by atoms with Crippen molar-refractivity contribution in [2.45, 2.75) is 6.42 Å². The molecule has 0 amide bonds. The van der Waals surface area contributed by atoms with E-state index in [4.69, 9.17) is 10.00 Å². The van der Waals surface area contributed by atoms with Gasteiger partial charge in [0, 0.05) is 12.2 Å². The van der Waals surface area contributed by atoms with Gasteiger partial charge in [0.05, 0.1) is 30.3 Å². The number of nitriles is 1. The van der Waals surface area contributed by atoms with Crippen LogP contribution < -0.4 is 9.64 Å². The van der Waals surface area contributed by atoms with Crippen molar-refractivity contribution in [2.24, 2.45) is 0 Å². The first-order valence-electron chi connectivity index (χ1n) is 6.02. The van der Waals surface area contributed by atoms with Crippen LogP contribution in [0.1, 0.15) is 6.42 Å². The van der Waals surface area contributed by atoms with Crippen LogP contribution in [0.25, 0.3) is 0 Å². The van der Waals surface area contributed by atoms with Crippen molar-refractivity contribution in [1.82, 2.24) is 9.97 Å². The molecule has 0 bridgehead atoms. The predicted octanol–water partition coefficient (Wildman–Crippen LogP) is 3.30. The van der Waals surface area contributed by atoms with Gasteiger partial charge < -0.3 is 9.64 Å². The van der Waals surface area contributed by atoms with Crippen molar-refractivity contribution < 1.29 is 4.74 Å². The van der Waals surface area contributed by atoms with Crippen LogP contribution >= 0.6 is 15.9 Å². The minimum atomic E-state index is 0.386. The van der Waals surface area contributed by atoms with Gasteiger partial charge >= 0.3 is 0 Å². The summed E-state index contributed by atoms with van der Waals surface area (Å²) >= 11 is 3.33. The van der Waals surface area contributed by atoms with E-state index in [1.165, 1.54) is 0 Å². The van der Waals surface area contributed by atoms with Gasteiger partial charge in [0.25, 0.3) is 0 Å². The highest BCUT2D eigenvalue weighted by Crippen LogP contribution is 2.27. The van der Waals surface area contributed by atoms with E-state index < -0.39 is 0 Å². The molecule has 1 aromatic carbocycles. The quantitative estimate of drug-likeness (QED) is 0.840.